The molecule has 0 spiro atoms. The molecule has 7 heteroatoms. The molecule has 2 aromatic rings. The highest BCUT2D eigenvalue weighted by Gasteiger charge is 2.14. The smallest absolute Gasteiger partial charge is 0.261 e. The van der Waals surface area contributed by atoms with Gasteiger partial charge in [-0.15, -0.1) is 0 Å². The number of nitrogens with zero attached hydrogens (tertiary/aromatic N) is 1. The summed E-state index contributed by atoms with van der Waals surface area (Å²) < 4.78 is 27.1. The fraction of sp³-hybridized carbons (Fsp3) is 0.125. The lowest BCUT2D eigenvalue weighted by molar-refractivity contribution is -0.114. The predicted octanol–water partition coefficient (Wildman–Crippen LogP) is 2.51. The van der Waals surface area contributed by atoms with Gasteiger partial charge in [-0.05, 0) is 42.0 Å². The van der Waals surface area contributed by atoms with Crippen molar-refractivity contribution in [1.29, 1.82) is 5.26 Å². The van der Waals surface area contributed by atoms with Crippen LogP contribution in [0.15, 0.2) is 53.4 Å². The number of sulfonamides is 1. The average molecular weight is 329 g/mol. The van der Waals surface area contributed by atoms with Gasteiger partial charge in [-0.25, -0.2) is 8.42 Å². The second-order valence-electron chi connectivity index (χ2n) is 4.84. The zero-order valence-corrected chi connectivity index (χ0v) is 13.2. The third kappa shape index (κ3) is 4.56. The molecule has 2 aromatic carbocycles. The summed E-state index contributed by atoms with van der Waals surface area (Å²) in [5.74, 6) is -0.226. The summed E-state index contributed by atoms with van der Waals surface area (Å²) in [6.45, 7) is 1.38. The molecule has 118 valence electrons. The Morgan fingerprint density at radius 2 is 1.61 bits per heavy atom. The Hall–Kier alpha value is -2.85. The number of nitriles is 1. The summed E-state index contributed by atoms with van der Waals surface area (Å²) in [6, 6.07) is 14.5. The van der Waals surface area contributed by atoms with Crippen molar-refractivity contribution in [1.82, 2.24) is 0 Å². The fourth-order valence-electron chi connectivity index (χ4n) is 1.92. The van der Waals surface area contributed by atoms with Gasteiger partial charge in [-0.2, -0.15) is 5.26 Å². The van der Waals surface area contributed by atoms with E-state index in [9.17, 15) is 13.2 Å². The van der Waals surface area contributed by atoms with E-state index in [1.165, 1.54) is 31.2 Å². The minimum Gasteiger partial charge on any atom is -0.326 e. The van der Waals surface area contributed by atoms with E-state index < -0.39 is 10.0 Å². The van der Waals surface area contributed by atoms with Crippen molar-refractivity contribution in [3.05, 3.63) is 54.1 Å². The minimum absolute atomic E-state index is 0.0905. The molecule has 0 atom stereocenters. The number of benzene rings is 2. The van der Waals surface area contributed by atoms with Crippen LogP contribution in [0.5, 0.6) is 0 Å². The van der Waals surface area contributed by atoms with Crippen molar-refractivity contribution in [3.63, 3.8) is 0 Å². The van der Waals surface area contributed by atoms with E-state index in [-0.39, 0.29) is 17.2 Å². The number of carbonyl (C=O) groups excluding carboxylic acids is 1. The monoisotopic (exact) mass is 329 g/mol. The Morgan fingerprint density at radius 1 is 1.04 bits per heavy atom. The fourth-order valence-corrected chi connectivity index (χ4v) is 2.98. The van der Waals surface area contributed by atoms with Gasteiger partial charge in [0.1, 0.15) is 0 Å². The van der Waals surface area contributed by atoms with E-state index in [1.54, 1.807) is 24.3 Å². The summed E-state index contributed by atoms with van der Waals surface area (Å²) in [5.41, 5.74) is 1.75. The second-order valence-corrected chi connectivity index (χ2v) is 6.53. The van der Waals surface area contributed by atoms with Crippen LogP contribution < -0.4 is 10.0 Å². The van der Waals surface area contributed by atoms with E-state index in [2.05, 4.69) is 10.0 Å². The number of hydrogen-bond donors (Lipinski definition) is 2. The number of nitrogens with one attached hydrogen (secondary N) is 2. The first kappa shape index (κ1) is 16.5. The van der Waals surface area contributed by atoms with Gasteiger partial charge in [0, 0.05) is 18.3 Å². The van der Waals surface area contributed by atoms with Crippen LogP contribution in [0.2, 0.25) is 0 Å². The first-order chi connectivity index (χ1) is 10.9. The predicted molar refractivity (Wildman–Crippen MR) is 87.3 cm³/mol. The number of hydrogen-bond acceptors (Lipinski definition) is 4. The van der Waals surface area contributed by atoms with E-state index >= 15 is 0 Å². The lowest BCUT2D eigenvalue weighted by Gasteiger charge is -2.09. The van der Waals surface area contributed by atoms with Gasteiger partial charge in [0.2, 0.25) is 5.91 Å². The third-order valence-electron chi connectivity index (χ3n) is 2.97. The molecular weight excluding hydrogens is 314 g/mol. The van der Waals surface area contributed by atoms with Crippen molar-refractivity contribution < 1.29 is 13.2 Å². The zero-order chi connectivity index (χ0) is 16.9. The lowest BCUT2D eigenvalue weighted by atomic mass is 10.1. The van der Waals surface area contributed by atoms with Gasteiger partial charge >= 0.3 is 0 Å². The van der Waals surface area contributed by atoms with Crippen LogP contribution in [-0.2, 0) is 21.2 Å². The van der Waals surface area contributed by atoms with Gasteiger partial charge < -0.3 is 5.32 Å². The first-order valence-electron chi connectivity index (χ1n) is 6.77. The Kier molecular flexibility index (Phi) is 4.98. The quantitative estimate of drug-likeness (QED) is 0.880. The summed E-state index contributed by atoms with van der Waals surface area (Å²) in [4.78, 5) is 11.0. The third-order valence-corrected chi connectivity index (χ3v) is 4.37. The maximum Gasteiger partial charge on any atom is 0.261 e. The molecule has 6 nitrogen and oxygen atoms in total. The summed E-state index contributed by atoms with van der Waals surface area (Å²) in [7, 11) is -3.71. The highest BCUT2D eigenvalue weighted by atomic mass is 32.2. The van der Waals surface area contributed by atoms with Crippen molar-refractivity contribution in [3.8, 4) is 6.07 Å². The molecule has 0 aliphatic carbocycles. The molecule has 2 rings (SSSR count). The zero-order valence-electron chi connectivity index (χ0n) is 12.4. The molecule has 1 amide bonds. The normalized spacial score (nSPS) is 10.6. The van der Waals surface area contributed by atoms with Gasteiger partial charge in [0.25, 0.3) is 10.0 Å². The summed E-state index contributed by atoms with van der Waals surface area (Å²) in [6.07, 6.45) is 0.275. The Labute approximate surface area is 134 Å². The molecule has 0 bridgehead atoms. The first-order valence-corrected chi connectivity index (χ1v) is 8.25. The SMILES string of the molecule is CC(=O)Nc1ccc(S(=O)(=O)Nc2ccc(CC#N)cc2)cc1. The van der Waals surface area contributed by atoms with Crippen LogP contribution in [-0.4, -0.2) is 14.3 Å². The highest BCUT2D eigenvalue weighted by Crippen LogP contribution is 2.18. The van der Waals surface area contributed by atoms with Crippen LogP contribution in [0.25, 0.3) is 0 Å². The molecule has 0 saturated heterocycles. The standard InChI is InChI=1S/C16H15N3O3S/c1-12(20)18-14-6-8-16(9-7-14)23(21,22)19-15-4-2-13(3-5-15)10-11-17/h2-9,19H,10H2,1H3,(H,18,20). The molecule has 23 heavy (non-hydrogen) atoms. The second kappa shape index (κ2) is 6.94. The Balaban J connectivity index is 2.15. The van der Waals surface area contributed by atoms with Gasteiger partial charge in [0.05, 0.1) is 17.4 Å². The van der Waals surface area contributed by atoms with Crippen LogP contribution in [0.1, 0.15) is 12.5 Å². The largest absolute Gasteiger partial charge is 0.326 e. The molecule has 0 fully saturated rings. The van der Waals surface area contributed by atoms with Gasteiger partial charge in [-0.1, -0.05) is 12.1 Å². The molecule has 0 heterocycles. The minimum atomic E-state index is -3.71. The van der Waals surface area contributed by atoms with E-state index in [0.717, 1.165) is 5.56 Å². The number of carbonyl (C=O) groups is 1. The van der Waals surface area contributed by atoms with E-state index in [0.29, 0.717) is 11.4 Å². The Bertz CT molecular complexity index is 836. The molecule has 0 radical (unpaired) electrons. The van der Waals surface area contributed by atoms with Crippen molar-refractivity contribution >= 4 is 27.3 Å². The van der Waals surface area contributed by atoms with Crippen LogP contribution in [0.4, 0.5) is 11.4 Å². The van der Waals surface area contributed by atoms with Crippen molar-refractivity contribution in [2.24, 2.45) is 0 Å². The number of anilines is 2. The number of rotatable bonds is 5. The molecule has 0 aliphatic heterocycles. The molecule has 0 saturated carbocycles. The highest BCUT2D eigenvalue weighted by molar-refractivity contribution is 7.92. The summed E-state index contributed by atoms with van der Waals surface area (Å²) in [5, 5.41) is 11.2. The molecule has 0 aromatic heterocycles. The molecule has 0 aliphatic rings. The maximum atomic E-state index is 12.3. The van der Waals surface area contributed by atoms with Crippen LogP contribution >= 0.6 is 0 Å². The van der Waals surface area contributed by atoms with Crippen molar-refractivity contribution in [2.45, 2.75) is 18.2 Å². The van der Waals surface area contributed by atoms with E-state index in [4.69, 9.17) is 5.26 Å². The summed E-state index contributed by atoms with van der Waals surface area (Å²) >= 11 is 0. The number of amides is 1. The van der Waals surface area contributed by atoms with E-state index in [1.807, 2.05) is 6.07 Å². The Morgan fingerprint density at radius 3 is 2.13 bits per heavy atom. The van der Waals surface area contributed by atoms with Gasteiger partial charge in [-0.3, -0.25) is 9.52 Å². The van der Waals surface area contributed by atoms with Crippen LogP contribution in [0.3, 0.4) is 0 Å². The molecule has 2 N–H and O–H groups in total. The topological polar surface area (TPSA) is 99.1 Å². The van der Waals surface area contributed by atoms with Crippen molar-refractivity contribution in [2.75, 3.05) is 10.0 Å². The lowest BCUT2D eigenvalue weighted by Crippen LogP contribution is -2.13. The van der Waals surface area contributed by atoms with Gasteiger partial charge in [0.15, 0.2) is 0 Å². The molecular formula is C16H15N3O3S. The molecule has 0 unspecified atom stereocenters. The maximum absolute atomic E-state index is 12.3. The van der Waals surface area contributed by atoms with Crippen LogP contribution in [0, 0.1) is 11.3 Å². The average Bonchev–Trinajstić information content (AvgIpc) is 2.49.